The molecule has 0 aliphatic heterocycles. The third-order valence-corrected chi connectivity index (χ3v) is 5.88. The summed E-state index contributed by atoms with van der Waals surface area (Å²) < 4.78 is 31.6. The smallest absolute Gasteiger partial charge is 0.307 e. The van der Waals surface area contributed by atoms with Crippen molar-refractivity contribution in [2.24, 2.45) is 0 Å². The van der Waals surface area contributed by atoms with Crippen molar-refractivity contribution < 1.29 is 22.7 Å². The monoisotopic (exact) mass is 483 g/mol. The van der Waals surface area contributed by atoms with Crippen LogP contribution in [0.15, 0.2) is 53.4 Å². The summed E-state index contributed by atoms with van der Waals surface area (Å²) in [5.74, 6) is -1.29. The van der Waals surface area contributed by atoms with Gasteiger partial charge in [0.15, 0.2) is 6.61 Å². The maximum Gasteiger partial charge on any atom is 0.307 e. The van der Waals surface area contributed by atoms with E-state index in [9.17, 15) is 18.0 Å². The van der Waals surface area contributed by atoms with Gasteiger partial charge in [-0.25, -0.2) is 13.1 Å². The molecule has 0 aliphatic rings. The Labute approximate surface area is 190 Å². The highest BCUT2D eigenvalue weighted by molar-refractivity contribution is 7.89. The topological polar surface area (TPSA) is 117 Å². The van der Waals surface area contributed by atoms with Gasteiger partial charge >= 0.3 is 5.97 Å². The van der Waals surface area contributed by atoms with Gasteiger partial charge < -0.3 is 9.64 Å². The van der Waals surface area contributed by atoms with Gasteiger partial charge in [0.05, 0.1) is 23.8 Å². The van der Waals surface area contributed by atoms with E-state index in [0.29, 0.717) is 10.7 Å². The summed E-state index contributed by atoms with van der Waals surface area (Å²) in [5, 5.41) is 9.49. The summed E-state index contributed by atoms with van der Waals surface area (Å²) >= 11 is 11.7. The SMILES string of the molecule is N#CCCN(C(=O)COC(=O)CCNS(=O)(=O)c1cccc(Cl)c1)c1cccc(Cl)c1. The number of nitrogens with one attached hydrogen (secondary N) is 1. The lowest BCUT2D eigenvalue weighted by atomic mass is 10.2. The van der Waals surface area contributed by atoms with Crippen molar-refractivity contribution in [3.8, 4) is 6.07 Å². The summed E-state index contributed by atoms with van der Waals surface area (Å²) in [6, 6.07) is 14.1. The van der Waals surface area contributed by atoms with Crippen molar-refractivity contribution in [1.29, 1.82) is 5.26 Å². The first kappa shape index (κ1) is 24.6. The second-order valence-electron chi connectivity index (χ2n) is 6.20. The molecule has 1 N–H and O–H groups in total. The molecule has 0 bridgehead atoms. The number of nitrogens with zero attached hydrogens (tertiary/aromatic N) is 2. The maximum absolute atomic E-state index is 12.5. The Bertz CT molecular complexity index is 1090. The van der Waals surface area contributed by atoms with Crippen LogP contribution >= 0.6 is 23.2 Å². The Balaban J connectivity index is 1.87. The fourth-order valence-corrected chi connectivity index (χ4v) is 4.02. The average Bonchev–Trinajstić information content (AvgIpc) is 2.72. The van der Waals surface area contributed by atoms with Crippen LogP contribution in [0.4, 0.5) is 5.69 Å². The zero-order valence-corrected chi connectivity index (χ0v) is 18.6. The molecule has 0 saturated heterocycles. The molecule has 0 radical (unpaired) electrons. The average molecular weight is 484 g/mol. The molecule has 0 saturated carbocycles. The van der Waals surface area contributed by atoms with Crippen LogP contribution in [0.1, 0.15) is 12.8 Å². The number of anilines is 1. The number of esters is 1. The first-order valence-electron chi connectivity index (χ1n) is 9.06. The number of nitriles is 1. The van der Waals surface area contributed by atoms with Crippen molar-refractivity contribution in [3.63, 3.8) is 0 Å². The second-order valence-corrected chi connectivity index (χ2v) is 8.84. The van der Waals surface area contributed by atoms with Gasteiger partial charge in [-0.2, -0.15) is 5.26 Å². The van der Waals surface area contributed by atoms with Crippen LogP contribution in [0.2, 0.25) is 10.0 Å². The summed E-state index contributed by atoms with van der Waals surface area (Å²) in [5.41, 5.74) is 0.470. The first-order valence-corrected chi connectivity index (χ1v) is 11.3. The molecule has 0 atom stereocenters. The summed E-state index contributed by atoms with van der Waals surface area (Å²) in [4.78, 5) is 25.7. The van der Waals surface area contributed by atoms with Gasteiger partial charge in [0.2, 0.25) is 10.0 Å². The van der Waals surface area contributed by atoms with Gasteiger partial charge in [0, 0.05) is 28.8 Å². The van der Waals surface area contributed by atoms with E-state index in [1.54, 1.807) is 24.3 Å². The van der Waals surface area contributed by atoms with Crippen LogP contribution in [0, 0.1) is 11.3 Å². The molecular weight excluding hydrogens is 465 g/mol. The van der Waals surface area contributed by atoms with Crippen LogP contribution in [0.3, 0.4) is 0 Å². The quantitative estimate of drug-likeness (QED) is 0.518. The van der Waals surface area contributed by atoms with E-state index in [0.717, 1.165) is 0 Å². The van der Waals surface area contributed by atoms with Gasteiger partial charge in [0.1, 0.15) is 0 Å². The number of carbonyl (C=O) groups is 2. The van der Waals surface area contributed by atoms with E-state index < -0.39 is 28.5 Å². The van der Waals surface area contributed by atoms with Crippen LogP contribution in [-0.4, -0.2) is 40.0 Å². The Morgan fingerprint density at radius 3 is 2.42 bits per heavy atom. The minimum absolute atomic E-state index is 0.0294. The van der Waals surface area contributed by atoms with Crippen molar-refractivity contribution in [2.45, 2.75) is 17.7 Å². The number of benzene rings is 2. The number of halogens is 2. The Morgan fingerprint density at radius 2 is 1.77 bits per heavy atom. The lowest BCUT2D eigenvalue weighted by Crippen LogP contribution is -2.36. The molecule has 0 fully saturated rings. The third kappa shape index (κ3) is 7.84. The number of ether oxygens (including phenoxy) is 1. The molecule has 8 nitrogen and oxygen atoms in total. The fraction of sp³-hybridized carbons (Fsp3) is 0.250. The molecule has 1 amide bonds. The molecule has 11 heteroatoms. The molecule has 31 heavy (non-hydrogen) atoms. The lowest BCUT2D eigenvalue weighted by molar-refractivity contribution is -0.147. The Kier molecular flexibility index (Phi) is 9.27. The molecule has 0 unspecified atom stereocenters. The molecule has 0 heterocycles. The fourth-order valence-electron chi connectivity index (χ4n) is 2.50. The van der Waals surface area contributed by atoms with E-state index in [4.69, 9.17) is 33.2 Å². The normalized spacial score (nSPS) is 10.9. The molecular formula is C20H19Cl2N3O5S. The molecule has 0 aromatic heterocycles. The van der Waals surface area contributed by atoms with Crippen molar-refractivity contribution in [1.82, 2.24) is 4.72 Å². The number of carbonyl (C=O) groups excluding carboxylic acids is 2. The van der Waals surface area contributed by atoms with Gasteiger partial charge in [-0.1, -0.05) is 35.3 Å². The number of hydrogen-bond acceptors (Lipinski definition) is 6. The second kappa shape index (κ2) is 11.7. The highest BCUT2D eigenvalue weighted by Crippen LogP contribution is 2.20. The van der Waals surface area contributed by atoms with Crippen molar-refractivity contribution in [2.75, 3.05) is 24.6 Å². The summed E-state index contributed by atoms with van der Waals surface area (Å²) in [6.07, 6.45) is -0.195. The molecule has 0 aliphatic carbocycles. The van der Waals surface area contributed by atoms with Gasteiger partial charge in [-0.15, -0.1) is 0 Å². The molecule has 2 aromatic rings. The van der Waals surface area contributed by atoms with Crippen molar-refractivity contribution in [3.05, 3.63) is 58.6 Å². The number of rotatable bonds is 10. The van der Waals surface area contributed by atoms with Crippen LogP contribution in [0.25, 0.3) is 0 Å². The van der Waals surface area contributed by atoms with E-state index in [1.807, 2.05) is 6.07 Å². The van der Waals surface area contributed by atoms with E-state index >= 15 is 0 Å². The Hall–Kier alpha value is -2.64. The number of hydrogen-bond donors (Lipinski definition) is 1. The summed E-state index contributed by atoms with van der Waals surface area (Å²) in [7, 11) is -3.83. The highest BCUT2D eigenvalue weighted by atomic mass is 35.5. The maximum atomic E-state index is 12.5. The van der Waals surface area contributed by atoms with Gasteiger partial charge in [-0.3, -0.25) is 9.59 Å². The number of amides is 1. The van der Waals surface area contributed by atoms with E-state index in [2.05, 4.69) is 4.72 Å². The predicted molar refractivity (Wildman–Crippen MR) is 116 cm³/mol. The highest BCUT2D eigenvalue weighted by Gasteiger charge is 2.19. The van der Waals surface area contributed by atoms with Crippen LogP contribution < -0.4 is 9.62 Å². The Morgan fingerprint density at radius 1 is 1.10 bits per heavy atom. The molecule has 2 aromatic carbocycles. The minimum atomic E-state index is -3.83. The van der Waals surface area contributed by atoms with Crippen LogP contribution in [-0.2, 0) is 24.3 Å². The molecule has 164 valence electrons. The van der Waals surface area contributed by atoms with E-state index in [-0.39, 0.29) is 35.8 Å². The third-order valence-electron chi connectivity index (χ3n) is 3.95. The lowest BCUT2D eigenvalue weighted by Gasteiger charge is -2.21. The van der Waals surface area contributed by atoms with Crippen LogP contribution in [0.5, 0.6) is 0 Å². The molecule has 2 rings (SSSR count). The van der Waals surface area contributed by atoms with Crippen molar-refractivity contribution >= 4 is 50.8 Å². The first-order chi connectivity index (χ1) is 14.7. The number of sulfonamides is 1. The zero-order chi connectivity index (χ0) is 22.9. The predicted octanol–water partition coefficient (Wildman–Crippen LogP) is 3.15. The zero-order valence-electron chi connectivity index (χ0n) is 16.3. The minimum Gasteiger partial charge on any atom is -0.456 e. The summed E-state index contributed by atoms with van der Waals surface area (Å²) in [6.45, 7) is -0.668. The standard InChI is InChI=1S/C20H19Cl2N3O5S/c21-15-4-1-6-17(12-15)25(11-3-9-23)19(26)14-30-20(27)8-10-24-31(28,29)18-7-2-5-16(22)13-18/h1-2,4-7,12-13,24H,3,8,10-11,14H2. The van der Waals surface area contributed by atoms with E-state index in [1.165, 1.54) is 29.2 Å². The largest absolute Gasteiger partial charge is 0.456 e. The van der Waals surface area contributed by atoms with Gasteiger partial charge in [0.25, 0.3) is 5.91 Å². The van der Waals surface area contributed by atoms with Gasteiger partial charge in [-0.05, 0) is 36.4 Å². The molecule has 0 spiro atoms.